The van der Waals surface area contributed by atoms with Gasteiger partial charge in [0.05, 0.1) is 19.8 Å². The molecule has 4 heteroatoms. The Kier molecular flexibility index (Phi) is 6.92. The molecule has 1 fully saturated rings. The largest absolute Gasteiger partial charge is 0.380 e. The summed E-state index contributed by atoms with van der Waals surface area (Å²) in [5, 5.41) is 6.90. The number of hydrogen-bond donors (Lipinski definition) is 2. The van der Waals surface area contributed by atoms with Crippen LogP contribution < -0.4 is 10.6 Å². The second kappa shape index (κ2) is 8.05. The summed E-state index contributed by atoms with van der Waals surface area (Å²) in [6, 6.07) is 1.03. The van der Waals surface area contributed by atoms with Crippen molar-refractivity contribution in [1.82, 2.24) is 10.6 Å². The van der Waals surface area contributed by atoms with Gasteiger partial charge in [-0.25, -0.2) is 0 Å². The highest BCUT2D eigenvalue weighted by atomic mass is 16.5. The van der Waals surface area contributed by atoms with Crippen molar-refractivity contribution >= 4 is 0 Å². The molecule has 1 heterocycles. The zero-order valence-corrected chi connectivity index (χ0v) is 9.92. The standard InChI is InChI=1S/C11H24N2O2/c1-3-14-6-4-12-10(2)8-11-9-15-7-5-13-11/h10-13H,3-9H2,1-2H3. The maximum atomic E-state index is 5.41. The van der Waals surface area contributed by atoms with Crippen molar-refractivity contribution in [2.24, 2.45) is 0 Å². The molecular formula is C11H24N2O2. The highest BCUT2D eigenvalue weighted by molar-refractivity contribution is 4.75. The minimum Gasteiger partial charge on any atom is -0.380 e. The summed E-state index contributed by atoms with van der Waals surface area (Å²) in [5.41, 5.74) is 0. The fraction of sp³-hybridized carbons (Fsp3) is 1.00. The van der Waals surface area contributed by atoms with E-state index in [9.17, 15) is 0 Å². The Morgan fingerprint density at radius 3 is 3.13 bits per heavy atom. The Morgan fingerprint density at radius 2 is 2.47 bits per heavy atom. The van der Waals surface area contributed by atoms with Gasteiger partial charge in [0.1, 0.15) is 0 Å². The molecular weight excluding hydrogens is 192 g/mol. The van der Waals surface area contributed by atoms with E-state index in [2.05, 4.69) is 17.6 Å². The molecule has 4 nitrogen and oxygen atoms in total. The average Bonchev–Trinajstić information content (AvgIpc) is 2.26. The van der Waals surface area contributed by atoms with Crippen molar-refractivity contribution < 1.29 is 9.47 Å². The smallest absolute Gasteiger partial charge is 0.0620 e. The lowest BCUT2D eigenvalue weighted by Gasteiger charge is -2.26. The SMILES string of the molecule is CCOCCNC(C)CC1COCCN1. The normalized spacial score (nSPS) is 24.0. The summed E-state index contributed by atoms with van der Waals surface area (Å²) in [6.45, 7) is 9.44. The van der Waals surface area contributed by atoms with Crippen LogP contribution in [0.5, 0.6) is 0 Å². The number of hydrogen-bond acceptors (Lipinski definition) is 4. The fourth-order valence-corrected chi connectivity index (χ4v) is 1.80. The van der Waals surface area contributed by atoms with Crippen LogP contribution in [-0.4, -0.2) is 51.6 Å². The van der Waals surface area contributed by atoms with Crippen LogP contribution in [0.1, 0.15) is 20.3 Å². The van der Waals surface area contributed by atoms with Crippen LogP contribution in [0, 0.1) is 0 Å². The molecule has 0 aromatic heterocycles. The Morgan fingerprint density at radius 1 is 1.60 bits per heavy atom. The lowest BCUT2D eigenvalue weighted by atomic mass is 10.1. The van der Waals surface area contributed by atoms with E-state index in [-0.39, 0.29) is 0 Å². The Balaban J connectivity index is 1.98. The van der Waals surface area contributed by atoms with Crippen molar-refractivity contribution in [3.8, 4) is 0 Å². The monoisotopic (exact) mass is 216 g/mol. The third-order valence-electron chi connectivity index (χ3n) is 2.58. The van der Waals surface area contributed by atoms with Crippen LogP contribution in [0.15, 0.2) is 0 Å². The van der Waals surface area contributed by atoms with Crippen molar-refractivity contribution in [2.75, 3.05) is 39.5 Å². The highest BCUT2D eigenvalue weighted by Gasteiger charge is 2.15. The van der Waals surface area contributed by atoms with Gasteiger partial charge in [-0.1, -0.05) is 0 Å². The molecule has 0 aromatic rings. The predicted octanol–water partition coefficient (Wildman–Crippen LogP) is 0.380. The van der Waals surface area contributed by atoms with Gasteiger partial charge in [-0.05, 0) is 20.3 Å². The first-order chi connectivity index (χ1) is 7.33. The molecule has 2 unspecified atom stereocenters. The van der Waals surface area contributed by atoms with E-state index < -0.39 is 0 Å². The number of ether oxygens (including phenoxy) is 2. The first kappa shape index (κ1) is 12.9. The van der Waals surface area contributed by atoms with E-state index in [0.717, 1.165) is 45.9 Å². The van der Waals surface area contributed by atoms with Gasteiger partial charge in [0.25, 0.3) is 0 Å². The van der Waals surface area contributed by atoms with Crippen LogP contribution >= 0.6 is 0 Å². The van der Waals surface area contributed by atoms with E-state index in [1.807, 2.05) is 6.92 Å². The van der Waals surface area contributed by atoms with Gasteiger partial charge in [0, 0.05) is 31.8 Å². The van der Waals surface area contributed by atoms with Crippen molar-refractivity contribution in [3.05, 3.63) is 0 Å². The molecule has 0 amide bonds. The molecule has 1 saturated heterocycles. The van der Waals surface area contributed by atoms with Gasteiger partial charge in [-0.15, -0.1) is 0 Å². The molecule has 0 bridgehead atoms. The van der Waals surface area contributed by atoms with Gasteiger partial charge in [-0.2, -0.15) is 0 Å². The molecule has 2 atom stereocenters. The van der Waals surface area contributed by atoms with E-state index in [1.165, 1.54) is 0 Å². The first-order valence-electron chi connectivity index (χ1n) is 5.95. The number of morpholine rings is 1. The summed E-state index contributed by atoms with van der Waals surface area (Å²) < 4.78 is 10.7. The maximum Gasteiger partial charge on any atom is 0.0620 e. The van der Waals surface area contributed by atoms with E-state index >= 15 is 0 Å². The highest BCUT2D eigenvalue weighted by Crippen LogP contribution is 2.01. The van der Waals surface area contributed by atoms with E-state index in [4.69, 9.17) is 9.47 Å². The molecule has 0 radical (unpaired) electrons. The second-order valence-corrected chi connectivity index (χ2v) is 4.01. The lowest BCUT2D eigenvalue weighted by Crippen LogP contribution is -2.45. The maximum absolute atomic E-state index is 5.41. The zero-order valence-electron chi connectivity index (χ0n) is 9.92. The molecule has 1 rings (SSSR count). The predicted molar refractivity (Wildman–Crippen MR) is 61.2 cm³/mol. The van der Waals surface area contributed by atoms with Crippen LogP contribution in [-0.2, 0) is 9.47 Å². The van der Waals surface area contributed by atoms with Gasteiger partial charge in [-0.3, -0.25) is 0 Å². The molecule has 0 saturated carbocycles. The Hall–Kier alpha value is -0.160. The molecule has 1 aliphatic heterocycles. The zero-order chi connectivity index (χ0) is 10.9. The van der Waals surface area contributed by atoms with Gasteiger partial charge >= 0.3 is 0 Å². The van der Waals surface area contributed by atoms with Crippen LogP contribution in [0.25, 0.3) is 0 Å². The molecule has 90 valence electrons. The van der Waals surface area contributed by atoms with Crippen LogP contribution in [0.2, 0.25) is 0 Å². The van der Waals surface area contributed by atoms with Gasteiger partial charge in [0.2, 0.25) is 0 Å². The molecule has 0 spiro atoms. The quantitative estimate of drug-likeness (QED) is 0.604. The molecule has 15 heavy (non-hydrogen) atoms. The topological polar surface area (TPSA) is 42.5 Å². The summed E-state index contributed by atoms with van der Waals surface area (Å²) in [4.78, 5) is 0. The second-order valence-electron chi connectivity index (χ2n) is 4.01. The minimum absolute atomic E-state index is 0.508. The van der Waals surface area contributed by atoms with Gasteiger partial charge < -0.3 is 20.1 Å². The van der Waals surface area contributed by atoms with Crippen LogP contribution in [0.3, 0.4) is 0 Å². The Bertz CT molecular complexity index is 150. The van der Waals surface area contributed by atoms with Crippen molar-refractivity contribution in [3.63, 3.8) is 0 Å². The van der Waals surface area contributed by atoms with E-state index in [0.29, 0.717) is 12.1 Å². The Labute approximate surface area is 92.7 Å². The molecule has 2 N–H and O–H groups in total. The summed E-state index contributed by atoms with van der Waals surface area (Å²) in [7, 11) is 0. The minimum atomic E-state index is 0.508. The van der Waals surface area contributed by atoms with E-state index in [1.54, 1.807) is 0 Å². The van der Waals surface area contributed by atoms with Crippen molar-refractivity contribution in [2.45, 2.75) is 32.4 Å². The first-order valence-corrected chi connectivity index (χ1v) is 5.95. The summed E-state index contributed by atoms with van der Waals surface area (Å²) in [5.74, 6) is 0. The van der Waals surface area contributed by atoms with Crippen molar-refractivity contribution in [1.29, 1.82) is 0 Å². The molecule has 1 aliphatic rings. The number of nitrogens with one attached hydrogen (secondary N) is 2. The van der Waals surface area contributed by atoms with Gasteiger partial charge in [0.15, 0.2) is 0 Å². The average molecular weight is 216 g/mol. The lowest BCUT2D eigenvalue weighted by molar-refractivity contribution is 0.0706. The van der Waals surface area contributed by atoms with Crippen LogP contribution in [0.4, 0.5) is 0 Å². The third kappa shape index (κ3) is 6.10. The third-order valence-corrected chi connectivity index (χ3v) is 2.58. The molecule has 0 aromatic carbocycles. The summed E-state index contributed by atoms with van der Waals surface area (Å²) >= 11 is 0. The summed E-state index contributed by atoms with van der Waals surface area (Å²) in [6.07, 6.45) is 1.12. The fourth-order valence-electron chi connectivity index (χ4n) is 1.80. The molecule has 0 aliphatic carbocycles. The number of rotatable bonds is 7.